The Morgan fingerprint density at radius 3 is 2.88 bits per heavy atom. The van der Waals surface area contributed by atoms with Crippen molar-refractivity contribution in [1.82, 2.24) is 5.32 Å². The fraction of sp³-hybridized carbons (Fsp3) is 0.250. The van der Waals surface area contributed by atoms with Crippen LogP contribution in [0.2, 0.25) is 0 Å². The van der Waals surface area contributed by atoms with Crippen molar-refractivity contribution < 1.29 is 4.79 Å². The molecule has 0 spiro atoms. The Balaban J connectivity index is 2.61. The average molecular weight is 281 g/mol. The van der Waals surface area contributed by atoms with Gasteiger partial charge < -0.3 is 11.1 Å². The Hall–Kier alpha value is -1.47. The third kappa shape index (κ3) is 3.95. The third-order valence-electron chi connectivity index (χ3n) is 1.89. The Labute approximate surface area is 104 Å². The van der Waals surface area contributed by atoms with Crippen LogP contribution in [0.4, 0.5) is 5.69 Å². The Kier molecular flexibility index (Phi) is 4.87. The quantitative estimate of drug-likeness (QED) is 0.507. The molecule has 1 aromatic carbocycles. The highest BCUT2D eigenvalue weighted by atomic mass is 79.9. The van der Waals surface area contributed by atoms with Crippen LogP contribution < -0.4 is 11.1 Å². The second-order valence-corrected chi connectivity index (χ2v) is 4.12. The zero-order valence-corrected chi connectivity index (χ0v) is 10.6. The molecule has 4 heteroatoms. The van der Waals surface area contributed by atoms with Crippen molar-refractivity contribution in [3.63, 3.8) is 0 Å². The zero-order valence-electron chi connectivity index (χ0n) is 9.01. The highest BCUT2D eigenvalue weighted by molar-refractivity contribution is 9.10. The molecule has 0 saturated carbocycles. The molecule has 0 aromatic heterocycles. The molecule has 0 aliphatic carbocycles. The summed E-state index contributed by atoms with van der Waals surface area (Å²) in [6.07, 6.45) is 0.658. The summed E-state index contributed by atoms with van der Waals surface area (Å²) in [6.45, 7) is 2.32. The van der Waals surface area contributed by atoms with E-state index in [4.69, 9.17) is 5.73 Å². The van der Waals surface area contributed by atoms with Crippen molar-refractivity contribution in [1.29, 1.82) is 0 Å². The Morgan fingerprint density at radius 1 is 1.50 bits per heavy atom. The number of hydrogen-bond acceptors (Lipinski definition) is 2. The van der Waals surface area contributed by atoms with Crippen molar-refractivity contribution in [2.45, 2.75) is 13.3 Å². The van der Waals surface area contributed by atoms with E-state index in [0.29, 0.717) is 24.2 Å². The van der Waals surface area contributed by atoms with Gasteiger partial charge in [-0.25, -0.2) is 0 Å². The smallest absolute Gasteiger partial charge is 0.251 e. The Morgan fingerprint density at radius 2 is 2.25 bits per heavy atom. The number of nitrogens with two attached hydrogens (primary N) is 1. The van der Waals surface area contributed by atoms with Crippen LogP contribution in [0.15, 0.2) is 22.7 Å². The van der Waals surface area contributed by atoms with Gasteiger partial charge in [-0.15, -0.1) is 11.8 Å². The molecule has 0 bridgehead atoms. The number of benzene rings is 1. The van der Waals surface area contributed by atoms with E-state index < -0.39 is 0 Å². The summed E-state index contributed by atoms with van der Waals surface area (Å²) in [4.78, 5) is 11.7. The maximum Gasteiger partial charge on any atom is 0.251 e. The summed E-state index contributed by atoms with van der Waals surface area (Å²) >= 11 is 3.29. The lowest BCUT2D eigenvalue weighted by Gasteiger charge is -2.04. The zero-order chi connectivity index (χ0) is 12.0. The van der Waals surface area contributed by atoms with Gasteiger partial charge in [0.2, 0.25) is 0 Å². The molecule has 0 aliphatic heterocycles. The molecule has 0 heterocycles. The number of carbonyl (C=O) groups excluding carboxylic acids is 1. The number of nitrogens with one attached hydrogen (secondary N) is 1. The molecule has 1 amide bonds. The van der Waals surface area contributed by atoms with Gasteiger partial charge in [0.05, 0.1) is 0 Å². The normalized spacial score (nSPS) is 9.12. The monoisotopic (exact) mass is 280 g/mol. The molecule has 0 radical (unpaired) electrons. The molecule has 0 atom stereocenters. The number of halogens is 1. The van der Waals surface area contributed by atoms with Crippen LogP contribution in [0.3, 0.4) is 0 Å². The van der Waals surface area contributed by atoms with E-state index in [-0.39, 0.29) is 5.91 Å². The minimum Gasteiger partial charge on any atom is -0.399 e. The largest absolute Gasteiger partial charge is 0.399 e. The van der Waals surface area contributed by atoms with Crippen LogP contribution in [0.1, 0.15) is 23.7 Å². The standard InChI is InChI=1S/C12H13BrN2O/c1-2-3-4-5-15-12(16)9-6-10(13)8-11(14)7-9/h6-8H,4-5,14H2,1H3,(H,15,16). The first kappa shape index (κ1) is 12.6. The number of anilines is 1. The topological polar surface area (TPSA) is 55.1 Å². The van der Waals surface area contributed by atoms with Crippen molar-refractivity contribution in [2.24, 2.45) is 0 Å². The van der Waals surface area contributed by atoms with Crippen LogP contribution >= 0.6 is 15.9 Å². The number of amides is 1. The van der Waals surface area contributed by atoms with Gasteiger partial charge in [0.15, 0.2) is 0 Å². The van der Waals surface area contributed by atoms with Gasteiger partial charge in [-0.05, 0) is 25.1 Å². The van der Waals surface area contributed by atoms with Gasteiger partial charge in [-0.1, -0.05) is 15.9 Å². The third-order valence-corrected chi connectivity index (χ3v) is 2.35. The van der Waals surface area contributed by atoms with Crippen molar-refractivity contribution in [3.8, 4) is 11.8 Å². The molecular formula is C12H13BrN2O. The number of hydrogen-bond donors (Lipinski definition) is 2. The summed E-state index contributed by atoms with van der Waals surface area (Å²) in [6, 6.07) is 5.13. The molecule has 84 valence electrons. The lowest BCUT2D eigenvalue weighted by Crippen LogP contribution is -2.24. The maximum atomic E-state index is 11.7. The van der Waals surface area contributed by atoms with Gasteiger partial charge in [-0.3, -0.25) is 4.79 Å². The highest BCUT2D eigenvalue weighted by Gasteiger charge is 2.05. The first-order valence-electron chi connectivity index (χ1n) is 4.87. The minimum atomic E-state index is -0.133. The number of nitrogen functional groups attached to an aromatic ring is 1. The molecule has 0 unspecified atom stereocenters. The van der Waals surface area contributed by atoms with E-state index in [1.54, 1.807) is 25.1 Å². The van der Waals surface area contributed by atoms with Crippen LogP contribution in [-0.2, 0) is 0 Å². The highest BCUT2D eigenvalue weighted by Crippen LogP contribution is 2.17. The molecule has 3 nitrogen and oxygen atoms in total. The summed E-state index contributed by atoms with van der Waals surface area (Å²) in [7, 11) is 0. The van der Waals surface area contributed by atoms with E-state index in [1.165, 1.54) is 0 Å². The second-order valence-electron chi connectivity index (χ2n) is 3.21. The van der Waals surface area contributed by atoms with Gasteiger partial charge in [-0.2, -0.15) is 0 Å². The maximum absolute atomic E-state index is 11.7. The van der Waals surface area contributed by atoms with E-state index in [0.717, 1.165) is 4.47 Å². The second kappa shape index (κ2) is 6.19. The molecular weight excluding hydrogens is 268 g/mol. The van der Waals surface area contributed by atoms with E-state index in [2.05, 4.69) is 33.1 Å². The number of rotatable bonds is 3. The van der Waals surface area contributed by atoms with Gasteiger partial charge in [0, 0.05) is 28.7 Å². The lowest BCUT2D eigenvalue weighted by molar-refractivity contribution is 0.0954. The molecule has 1 rings (SSSR count). The van der Waals surface area contributed by atoms with Crippen molar-refractivity contribution >= 4 is 27.5 Å². The molecule has 0 fully saturated rings. The minimum absolute atomic E-state index is 0.133. The number of carbonyl (C=O) groups is 1. The van der Waals surface area contributed by atoms with Crippen LogP contribution in [0, 0.1) is 11.8 Å². The molecule has 0 aliphatic rings. The summed E-state index contributed by atoms with van der Waals surface area (Å²) < 4.78 is 0.797. The predicted molar refractivity (Wildman–Crippen MR) is 69.0 cm³/mol. The summed E-state index contributed by atoms with van der Waals surface area (Å²) in [5.41, 5.74) is 6.76. The predicted octanol–water partition coefficient (Wildman–Crippen LogP) is 2.17. The first-order valence-corrected chi connectivity index (χ1v) is 5.66. The first-order chi connectivity index (χ1) is 7.63. The molecule has 0 saturated heterocycles. The van der Waals surface area contributed by atoms with Gasteiger partial charge in [0.25, 0.3) is 5.91 Å². The molecule has 1 aromatic rings. The fourth-order valence-corrected chi connectivity index (χ4v) is 1.72. The molecule has 3 N–H and O–H groups in total. The lowest BCUT2D eigenvalue weighted by atomic mass is 10.2. The van der Waals surface area contributed by atoms with Crippen LogP contribution in [0.5, 0.6) is 0 Å². The fourth-order valence-electron chi connectivity index (χ4n) is 1.21. The molecule has 16 heavy (non-hydrogen) atoms. The van der Waals surface area contributed by atoms with Crippen LogP contribution in [-0.4, -0.2) is 12.5 Å². The van der Waals surface area contributed by atoms with Crippen molar-refractivity contribution in [3.05, 3.63) is 28.2 Å². The van der Waals surface area contributed by atoms with E-state index >= 15 is 0 Å². The van der Waals surface area contributed by atoms with E-state index in [9.17, 15) is 4.79 Å². The van der Waals surface area contributed by atoms with Gasteiger partial charge in [0.1, 0.15) is 0 Å². The van der Waals surface area contributed by atoms with Crippen molar-refractivity contribution in [2.75, 3.05) is 12.3 Å². The SMILES string of the molecule is CC#CCCNC(=O)c1cc(N)cc(Br)c1. The summed E-state index contributed by atoms with van der Waals surface area (Å²) in [5.74, 6) is 5.52. The average Bonchev–Trinajstić information content (AvgIpc) is 2.22. The van der Waals surface area contributed by atoms with E-state index in [1.807, 2.05) is 0 Å². The Bertz CT molecular complexity index is 426. The van der Waals surface area contributed by atoms with Crippen LogP contribution in [0.25, 0.3) is 0 Å². The summed E-state index contributed by atoms with van der Waals surface area (Å²) in [5, 5.41) is 2.77. The van der Waals surface area contributed by atoms with Gasteiger partial charge >= 0.3 is 0 Å².